The van der Waals surface area contributed by atoms with Gasteiger partial charge in [-0.1, -0.05) is 0 Å². The van der Waals surface area contributed by atoms with E-state index in [0.717, 1.165) is 28.2 Å². The molecule has 1 aromatic carbocycles. The lowest BCUT2D eigenvalue weighted by Gasteiger charge is -2.07. The zero-order valence-corrected chi connectivity index (χ0v) is 14.4. The maximum atomic E-state index is 14.4. The van der Waals surface area contributed by atoms with Crippen molar-refractivity contribution < 1.29 is 22.4 Å². The zero-order valence-electron chi connectivity index (χ0n) is 13.6. The summed E-state index contributed by atoms with van der Waals surface area (Å²) in [7, 11) is 1.30. The van der Waals surface area contributed by atoms with Gasteiger partial charge in [0, 0.05) is 29.4 Å². The van der Waals surface area contributed by atoms with Crippen LogP contribution in [0.5, 0.6) is 0 Å². The normalized spacial score (nSPS) is 11.6. The molecule has 3 rings (SSSR count). The number of hydrogen-bond acceptors (Lipinski definition) is 4. The number of carbonyl (C=O) groups is 1. The van der Waals surface area contributed by atoms with Crippen LogP contribution in [-0.4, -0.2) is 20.7 Å². The molecule has 1 amide bonds. The summed E-state index contributed by atoms with van der Waals surface area (Å²) in [6.07, 6.45) is -4.62. The van der Waals surface area contributed by atoms with Gasteiger partial charge in [0.1, 0.15) is 5.82 Å². The van der Waals surface area contributed by atoms with E-state index in [1.54, 1.807) is 12.3 Å². The molecule has 3 aromatic rings. The molecule has 0 spiro atoms. The van der Waals surface area contributed by atoms with Crippen molar-refractivity contribution >= 4 is 22.9 Å². The van der Waals surface area contributed by atoms with Crippen molar-refractivity contribution in [2.75, 3.05) is 5.32 Å². The van der Waals surface area contributed by atoms with Crippen molar-refractivity contribution in [3.63, 3.8) is 0 Å². The first-order chi connectivity index (χ1) is 12.1. The number of rotatable bonds is 3. The smallest absolute Gasteiger partial charge is 0.320 e. The van der Waals surface area contributed by atoms with Gasteiger partial charge in [-0.25, -0.2) is 9.37 Å². The van der Waals surface area contributed by atoms with Crippen LogP contribution in [0.15, 0.2) is 29.6 Å². The fraction of sp³-hybridized carbons (Fsp3) is 0.188. The van der Waals surface area contributed by atoms with Crippen LogP contribution in [0.25, 0.3) is 11.3 Å². The molecule has 0 atom stereocenters. The van der Waals surface area contributed by atoms with E-state index in [0.29, 0.717) is 5.69 Å². The Morgan fingerprint density at radius 3 is 2.54 bits per heavy atom. The Morgan fingerprint density at radius 2 is 2.00 bits per heavy atom. The van der Waals surface area contributed by atoms with Gasteiger partial charge >= 0.3 is 6.18 Å². The highest BCUT2D eigenvalue weighted by Gasteiger charge is 2.35. The summed E-state index contributed by atoms with van der Waals surface area (Å²) in [5, 5.41) is 7.80. The number of anilines is 1. The number of halogens is 4. The minimum atomic E-state index is -4.62. The lowest BCUT2D eigenvalue weighted by Crippen LogP contribution is -2.11. The van der Waals surface area contributed by atoms with Crippen LogP contribution in [0.1, 0.15) is 21.2 Å². The van der Waals surface area contributed by atoms with Gasteiger partial charge < -0.3 is 5.32 Å². The van der Waals surface area contributed by atoms with Crippen LogP contribution in [0, 0.1) is 12.7 Å². The summed E-state index contributed by atoms with van der Waals surface area (Å²) < 4.78 is 53.6. The lowest BCUT2D eigenvalue weighted by molar-refractivity contribution is -0.141. The van der Waals surface area contributed by atoms with Gasteiger partial charge in [0.05, 0.1) is 5.69 Å². The van der Waals surface area contributed by atoms with E-state index >= 15 is 0 Å². The molecule has 0 aliphatic carbocycles. The minimum Gasteiger partial charge on any atom is -0.320 e. The fourth-order valence-corrected chi connectivity index (χ4v) is 2.99. The van der Waals surface area contributed by atoms with E-state index in [4.69, 9.17) is 0 Å². The number of benzene rings is 1. The van der Waals surface area contributed by atoms with Gasteiger partial charge in [0.2, 0.25) is 0 Å². The van der Waals surface area contributed by atoms with E-state index < -0.39 is 23.6 Å². The van der Waals surface area contributed by atoms with Crippen molar-refractivity contribution in [2.24, 2.45) is 7.05 Å². The predicted molar refractivity (Wildman–Crippen MR) is 88.4 cm³/mol. The molecule has 0 aliphatic heterocycles. The maximum Gasteiger partial charge on any atom is 0.435 e. The molecule has 136 valence electrons. The van der Waals surface area contributed by atoms with Gasteiger partial charge in [0.25, 0.3) is 5.91 Å². The number of aromatic nitrogens is 3. The number of amides is 1. The summed E-state index contributed by atoms with van der Waals surface area (Å²) in [6.45, 7) is 1.74. The summed E-state index contributed by atoms with van der Waals surface area (Å²) in [6, 6.07) is 4.50. The molecule has 26 heavy (non-hydrogen) atoms. The Bertz CT molecular complexity index is 977. The van der Waals surface area contributed by atoms with Gasteiger partial charge in [-0.3, -0.25) is 9.48 Å². The monoisotopic (exact) mass is 384 g/mol. The average Bonchev–Trinajstić information content (AvgIpc) is 3.13. The highest BCUT2D eigenvalue weighted by Crippen LogP contribution is 2.32. The quantitative estimate of drug-likeness (QED) is 0.687. The third kappa shape index (κ3) is 3.59. The molecule has 0 saturated carbocycles. The molecule has 0 radical (unpaired) electrons. The number of alkyl halides is 3. The van der Waals surface area contributed by atoms with Crippen molar-refractivity contribution in [2.45, 2.75) is 13.1 Å². The second kappa shape index (κ2) is 6.52. The van der Waals surface area contributed by atoms with Crippen LogP contribution >= 0.6 is 11.3 Å². The first-order valence-electron chi connectivity index (χ1n) is 7.30. The molecule has 2 aromatic heterocycles. The second-order valence-electron chi connectivity index (χ2n) is 5.48. The molecule has 0 bridgehead atoms. The molecule has 0 unspecified atom stereocenters. The highest BCUT2D eigenvalue weighted by molar-refractivity contribution is 7.11. The predicted octanol–water partition coefficient (Wildman–Crippen LogP) is 4.26. The summed E-state index contributed by atoms with van der Waals surface area (Å²) >= 11 is 1.15. The van der Waals surface area contributed by atoms with E-state index in [1.165, 1.54) is 19.2 Å². The first kappa shape index (κ1) is 18.1. The second-order valence-corrected chi connectivity index (χ2v) is 6.34. The van der Waals surface area contributed by atoms with Crippen molar-refractivity contribution in [1.82, 2.24) is 14.8 Å². The van der Waals surface area contributed by atoms with Crippen LogP contribution in [0.2, 0.25) is 0 Å². The molecule has 5 nitrogen and oxygen atoms in total. The average molecular weight is 384 g/mol. The lowest BCUT2D eigenvalue weighted by atomic mass is 10.1. The Kier molecular flexibility index (Phi) is 4.53. The topological polar surface area (TPSA) is 59.8 Å². The van der Waals surface area contributed by atoms with Crippen molar-refractivity contribution in [1.29, 1.82) is 0 Å². The Labute approximate surface area is 149 Å². The van der Waals surface area contributed by atoms with Crippen molar-refractivity contribution in [3.05, 3.63) is 51.9 Å². The third-order valence-electron chi connectivity index (χ3n) is 3.49. The number of thiazole rings is 1. The van der Waals surface area contributed by atoms with Crippen molar-refractivity contribution in [3.8, 4) is 11.3 Å². The van der Waals surface area contributed by atoms with Crippen LogP contribution in [0.3, 0.4) is 0 Å². The van der Waals surface area contributed by atoms with Crippen LogP contribution in [0.4, 0.5) is 23.2 Å². The SMILES string of the molecule is Cc1csc(C(=O)Nc2ccc(-c3cc(C(F)(F)F)nn3C)c(F)c2)n1. The van der Waals surface area contributed by atoms with Gasteiger partial charge in [-0.2, -0.15) is 18.3 Å². The zero-order chi connectivity index (χ0) is 19.1. The van der Waals surface area contributed by atoms with Gasteiger partial charge in [-0.05, 0) is 31.2 Å². The maximum absolute atomic E-state index is 14.4. The number of aryl methyl sites for hydroxylation is 2. The Balaban J connectivity index is 1.86. The number of nitrogens with zero attached hydrogens (tertiary/aromatic N) is 3. The third-order valence-corrected chi connectivity index (χ3v) is 4.45. The first-order valence-corrected chi connectivity index (χ1v) is 8.18. The molecular weight excluding hydrogens is 372 g/mol. The summed E-state index contributed by atoms with van der Waals surface area (Å²) in [5.41, 5.74) is -0.326. The fourth-order valence-electron chi connectivity index (χ4n) is 2.30. The molecular formula is C16H12F4N4OS. The number of nitrogens with one attached hydrogen (secondary N) is 1. The molecule has 1 N–H and O–H groups in total. The van der Waals surface area contributed by atoms with E-state index in [1.807, 2.05) is 0 Å². The minimum absolute atomic E-state index is 0.0248. The molecule has 0 fully saturated rings. The number of hydrogen-bond donors (Lipinski definition) is 1. The Hall–Kier alpha value is -2.75. The molecule has 0 saturated heterocycles. The number of carbonyl (C=O) groups excluding carboxylic acids is 1. The van der Waals surface area contributed by atoms with Gasteiger partial charge in [0.15, 0.2) is 10.7 Å². The van der Waals surface area contributed by atoms with E-state index in [9.17, 15) is 22.4 Å². The molecule has 0 aliphatic rings. The van der Waals surface area contributed by atoms with E-state index in [2.05, 4.69) is 15.4 Å². The standard InChI is InChI=1S/C16H12F4N4OS/c1-8-7-26-15(21-8)14(25)22-9-3-4-10(11(17)5-9)12-6-13(16(18,19)20)23-24(12)2/h3-7H,1-2H3,(H,22,25). The Morgan fingerprint density at radius 1 is 1.27 bits per heavy atom. The van der Waals surface area contributed by atoms with Gasteiger partial charge in [-0.15, -0.1) is 11.3 Å². The largest absolute Gasteiger partial charge is 0.435 e. The molecule has 2 heterocycles. The van der Waals surface area contributed by atoms with E-state index in [-0.39, 0.29) is 22.0 Å². The highest BCUT2D eigenvalue weighted by atomic mass is 32.1. The van der Waals surface area contributed by atoms with Crippen LogP contribution < -0.4 is 5.32 Å². The van der Waals surface area contributed by atoms with Crippen LogP contribution in [-0.2, 0) is 13.2 Å². The summed E-state index contributed by atoms with van der Waals surface area (Å²) in [4.78, 5) is 16.1. The summed E-state index contributed by atoms with van der Waals surface area (Å²) in [5.74, 6) is -1.27. The molecule has 10 heteroatoms.